The highest BCUT2D eigenvalue weighted by Crippen LogP contribution is 2.21. The van der Waals surface area contributed by atoms with Gasteiger partial charge in [-0.15, -0.1) is 0 Å². The largest absolute Gasteiger partial charge is 0.353 e. The van der Waals surface area contributed by atoms with E-state index in [0.717, 1.165) is 5.69 Å². The van der Waals surface area contributed by atoms with Crippen molar-refractivity contribution in [2.75, 3.05) is 0 Å². The van der Waals surface area contributed by atoms with Crippen molar-refractivity contribution in [1.82, 2.24) is 25.1 Å². The molecule has 2 heterocycles. The van der Waals surface area contributed by atoms with Gasteiger partial charge in [-0.1, -0.05) is 30.0 Å². The summed E-state index contributed by atoms with van der Waals surface area (Å²) in [5.41, 5.74) is 1.01. The summed E-state index contributed by atoms with van der Waals surface area (Å²) in [7, 11) is 0. The average molecular weight is 357 g/mol. The summed E-state index contributed by atoms with van der Waals surface area (Å²) in [6.07, 6.45) is 1.50. The molecular formula is C17H19N5O2S. The molecule has 3 rings (SSSR count). The van der Waals surface area contributed by atoms with Crippen LogP contribution in [0, 0.1) is 0 Å². The molecule has 0 fully saturated rings. The molecule has 8 heteroatoms. The van der Waals surface area contributed by atoms with Gasteiger partial charge in [0.05, 0.1) is 17.1 Å². The van der Waals surface area contributed by atoms with Gasteiger partial charge in [0.2, 0.25) is 5.91 Å². The molecule has 1 aromatic carbocycles. The van der Waals surface area contributed by atoms with Gasteiger partial charge in [0.15, 0.2) is 10.8 Å². The van der Waals surface area contributed by atoms with Crippen LogP contribution in [0.15, 0.2) is 46.5 Å². The van der Waals surface area contributed by atoms with Crippen molar-refractivity contribution in [3.05, 3.63) is 46.9 Å². The molecule has 130 valence electrons. The Kier molecular flexibility index (Phi) is 4.89. The maximum Gasteiger partial charge on any atom is 0.262 e. The van der Waals surface area contributed by atoms with Crippen LogP contribution in [-0.2, 0) is 4.79 Å². The Labute approximate surface area is 148 Å². The second-order valence-electron chi connectivity index (χ2n) is 5.92. The van der Waals surface area contributed by atoms with Crippen LogP contribution < -0.4 is 10.9 Å². The number of para-hydroxylation sites is 1. The smallest absolute Gasteiger partial charge is 0.262 e. The maximum absolute atomic E-state index is 12.3. The number of thioether (sulfide) groups is 1. The van der Waals surface area contributed by atoms with Crippen molar-refractivity contribution in [2.45, 2.75) is 37.2 Å². The van der Waals surface area contributed by atoms with Gasteiger partial charge in [-0.2, -0.15) is 5.10 Å². The number of amides is 1. The number of nitrogens with zero attached hydrogens (tertiary/aromatic N) is 3. The molecule has 2 N–H and O–H groups in total. The molecule has 0 bridgehead atoms. The Morgan fingerprint density at radius 2 is 1.96 bits per heavy atom. The lowest BCUT2D eigenvalue weighted by Gasteiger charge is -2.13. The Morgan fingerprint density at radius 1 is 1.24 bits per heavy atom. The highest BCUT2D eigenvalue weighted by atomic mass is 32.2. The topological polar surface area (TPSA) is 92.7 Å². The van der Waals surface area contributed by atoms with Gasteiger partial charge in [-0.25, -0.2) is 9.67 Å². The fourth-order valence-corrected chi connectivity index (χ4v) is 3.14. The molecule has 3 aromatic rings. The molecular weight excluding hydrogens is 338 g/mol. The standard InChI is InChI=1S/C17H19N5O2S/c1-10(2)19-15(23)11(3)25-17-20-14-13(16(24)21-17)9-18-22(14)12-7-5-4-6-8-12/h4-11H,1-3H3,(H,19,23)(H,20,21,24). The van der Waals surface area contributed by atoms with Crippen LogP contribution in [0.25, 0.3) is 16.7 Å². The van der Waals surface area contributed by atoms with E-state index in [2.05, 4.69) is 20.4 Å². The van der Waals surface area contributed by atoms with Gasteiger partial charge < -0.3 is 10.3 Å². The zero-order valence-electron chi connectivity index (χ0n) is 14.2. The maximum atomic E-state index is 12.3. The van der Waals surface area contributed by atoms with Crippen LogP contribution in [0.2, 0.25) is 0 Å². The van der Waals surface area contributed by atoms with E-state index in [1.165, 1.54) is 18.0 Å². The summed E-state index contributed by atoms with van der Waals surface area (Å²) in [4.78, 5) is 31.6. The van der Waals surface area contributed by atoms with Crippen LogP contribution in [0.3, 0.4) is 0 Å². The predicted octanol–water partition coefficient (Wildman–Crippen LogP) is 2.11. The van der Waals surface area contributed by atoms with E-state index in [4.69, 9.17) is 0 Å². The van der Waals surface area contributed by atoms with Crippen molar-refractivity contribution in [3.63, 3.8) is 0 Å². The zero-order valence-corrected chi connectivity index (χ0v) is 15.0. The highest BCUT2D eigenvalue weighted by molar-refractivity contribution is 8.00. The minimum atomic E-state index is -0.379. The van der Waals surface area contributed by atoms with E-state index in [9.17, 15) is 9.59 Å². The number of hydrogen-bond donors (Lipinski definition) is 2. The molecule has 0 aliphatic heterocycles. The third-order valence-electron chi connectivity index (χ3n) is 3.51. The number of fused-ring (bicyclic) bond motifs is 1. The molecule has 0 aliphatic carbocycles. The van der Waals surface area contributed by atoms with Crippen molar-refractivity contribution in [2.24, 2.45) is 0 Å². The fraction of sp³-hybridized carbons (Fsp3) is 0.294. The molecule has 7 nitrogen and oxygen atoms in total. The predicted molar refractivity (Wildman–Crippen MR) is 98.1 cm³/mol. The van der Waals surface area contributed by atoms with Crippen molar-refractivity contribution >= 4 is 28.7 Å². The monoisotopic (exact) mass is 357 g/mol. The first-order valence-corrected chi connectivity index (χ1v) is 8.84. The third kappa shape index (κ3) is 3.74. The van der Waals surface area contributed by atoms with Gasteiger partial charge in [-0.3, -0.25) is 9.59 Å². The Hall–Kier alpha value is -2.61. The molecule has 2 aromatic heterocycles. The molecule has 0 saturated heterocycles. The van der Waals surface area contributed by atoms with E-state index >= 15 is 0 Å². The fourth-order valence-electron chi connectivity index (χ4n) is 2.34. The molecule has 0 spiro atoms. The Morgan fingerprint density at radius 3 is 2.64 bits per heavy atom. The summed E-state index contributed by atoms with van der Waals surface area (Å²) in [5, 5.41) is 7.54. The summed E-state index contributed by atoms with van der Waals surface area (Å²) < 4.78 is 1.62. The first kappa shape index (κ1) is 17.2. The number of rotatable bonds is 5. The molecule has 0 aliphatic rings. The SMILES string of the molecule is CC(C)NC(=O)C(C)Sc1nc2c(cnn2-c2ccccc2)c(=O)[nH]1. The first-order valence-electron chi connectivity index (χ1n) is 7.96. The Bertz CT molecular complexity index is 949. The van der Waals surface area contributed by atoms with Gasteiger partial charge >= 0.3 is 0 Å². The lowest BCUT2D eigenvalue weighted by Crippen LogP contribution is -2.36. The zero-order chi connectivity index (χ0) is 18.0. The number of H-pyrrole nitrogens is 1. The minimum absolute atomic E-state index is 0.0598. The molecule has 1 amide bonds. The second kappa shape index (κ2) is 7.10. The highest BCUT2D eigenvalue weighted by Gasteiger charge is 2.18. The normalized spacial score (nSPS) is 12.5. The van der Waals surface area contributed by atoms with Crippen LogP contribution >= 0.6 is 11.8 Å². The lowest BCUT2D eigenvalue weighted by atomic mass is 10.3. The van der Waals surface area contributed by atoms with E-state index < -0.39 is 0 Å². The summed E-state index contributed by atoms with van der Waals surface area (Å²) in [6.45, 7) is 5.58. The third-order valence-corrected chi connectivity index (χ3v) is 4.49. The van der Waals surface area contributed by atoms with Crippen LogP contribution in [0.5, 0.6) is 0 Å². The quantitative estimate of drug-likeness (QED) is 0.539. The van der Waals surface area contributed by atoms with Crippen molar-refractivity contribution < 1.29 is 4.79 Å². The number of aromatic amines is 1. The van der Waals surface area contributed by atoms with Crippen LogP contribution in [0.1, 0.15) is 20.8 Å². The average Bonchev–Trinajstić information content (AvgIpc) is 2.99. The number of benzene rings is 1. The van der Waals surface area contributed by atoms with Gasteiger partial charge in [0, 0.05) is 6.04 Å². The van der Waals surface area contributed by atoms with E-state index in [1.807, 2.05) is 44.2 Å². The summed E-state index contributed by atoms with van der Waals surface area (Å²) in [6, 6.07) is 9.53. The molecule has 1 atom stereocenters. The van der Waals surface area contributed by atoms with E-state index in [0.29, 0.717) is 16.2 Å². The van der Waals surface area contributed by atoms with Crippen molar-refractivity contribution in [1.29, 1.82) is 0 Å². The lowest BCUT2D eigenvalue weighted by molar-refractivity contribution is -0.120. The number of nitrogens with one attached hydrogen (secondary N) is 2. The summed E-state index contributed by atoms with van der Waals surface area (Å²) in [5.74, 6) is -0.0979. The number of carbonyl (C=O) groups is 1. The van der Waals surface area contributed by atoms with Crippen LogP contribution in [0.4, 0.5) is 0 Å². The number of carbonyl (C=O) groups excluding carboxylic acids is 1. The molecule has 0 saturated carbocycles. The van der Waals surface area contributed by atoms with Gasteiger partial charge in [0.1, 0.15) is 5.39 Å². The molecule has 25 heavy (non-hydrogen) atoms. The minimum Gasteiger partial charge on any atom is -0.353 e. The number of hydrogen-bond acceptors (Lipinski definition) is 5. The number of aromatic nitrogens is 4. The summed E-state index contributed by atoms with van der Waals surface area (Å²) >= 11 is 1.21. The van der Waals surface area contributed by atoms with Crippen molar-refractivity contribution in [3.8, 4) is 5.69 Å². The Balaban J connectivity index is 1.95. The van der Waals surface area contributed by atoms with Crippen LogP contribution in [-0.4, -0.2) is 36.9 Å². The molecule has 0 radical (unpaired) electrons. The molecule has 1 unspecified atom stereocenters. The van der Waals surface area contributed by atoms with E-state index in [-0.39, 0.29) is 22.8 Å². The van der Waals surface area contributed by atoms with Gasteiger partial charge in [0.25, 0.3) is 5.56 Å². The second-order valence-corrected chi connectivity index (χ2v) is 7.25. The van der Waals surface area contributed by atoms with E-state index in [1.54, 1.807) is 11.6 Å². The van der Waals surface area contributed by atoms with Gasteiger partial charge in [-0.05, 0) is 32.9 Å². The first-order chi connectivity index (χ1) is 12.0.